The molecule has 0 spiro atoms. The maximum atomic E-state index is 9.30. The summed E-state index contributed by atoms with van der Waals surface area (Å²) in [5.74, 6) is 0. The van der Waals surface area contributed by atoms with Crippen LogP contribution >= 0.6 is 11.6 Å². The number of hydrogen-bond donors (Lipinski definition) is 1. The molecule has 2 aromatic carbocycles. The number of fused-ring (bicyclic) bond motifs is 1. The van der Waals surface area contributed by atoms with E-state index in [-0.39, 0.29) is 6.04 Å². The molecule has 0 aliphatic heterocycles. The van der Waals surface area contributed by atoms with E-state index in [0.717, 1.165) is 34.7 Å². The van der Waals surface area contributed by atoms with Crippen molar-refractivity contribution in [3.05, 3.63) is 63.7 Å². The van der Waals surface area contributed by atoms with E-state index in [1.807, 2.05) is 37.3 Å². The van der Waals surface area contributed by atoms with Crippen LogP contribution in [-0.4, -0.2) is 0 Å². The van der Waals surface area contributed by atoms with Gasteiger partial charge in [-0.1, -0.05) is 29.8 Å². The predicted octanol–water partition coefficient (Wildman–Crippen LogP) is 4.62. The number of benzene rings is 2. The van der Waals surface area contributed by atoms with Gasteiger partial charge < -0.3 is 5.32 Å². The van der Waals surface area contributed by atoms with Gasteiger partial charge in [0.2, 0.25) is 0 Å². The lowest BCUT2D eigenvalue weighted by atomic mass is 10.0. The average Bonchev–Trinajstić information content (AvgIpc) is 2.81. The van der Waals surface area contributed by atoms with Crippen LogP contribution in [-0.2, 0) is 6.42 Å². The van der Waals surface area contributed by atoms with E-state index >= 15 is 0 Å². The summed E-state index contributed by atoms with van der Waals surface area (Å²) in [6, 6.07) is 14.5. The SMILES string of the molecule is Cc1cccc(NC2CCc3cc(Cl)ccc32)c1C#N. The van der Waals surface area contributed by atoms with E-state index in [9.17, 15) is 5.26 Å². The Morgan fingerprint density at radius 1 is 1.30 bits per heavy atom. The van der Waals surface area contributed by atoms with E-state index in [1.54, 1.807) is 0 Å². The molecule has 3 rings (SSSR count). The monoisotopic (exact) mass is 282 g/mol. The maximum absolute atomic E-state index is 9.30. The minimum absolute atomic E-state index is 0.260. The standard InChI is InChI=1S/C17H15ClN2/c1-11-3-2-4-16(15(11)10-19)20-17-8-5-12-9-13(18)6-7-14(12)17/h2-4,6-7,9,17,20H,5,8H2,1H3. The number of hydrogen-bond acceptors (Lipinski definition) is 2. The topological polar surface area (TPSA) is 35.8 Å². The molecule has 0 saturated carbocycles. The summed E-state index contributed by atoms with van der Waals surface area (Å²) in [4.78, 5) is 0. The van der Waals surface area contributed by atoms with Crippen LogP contribution in [0.4, 0.5) is 5.69 Å². The summed E-state index contributed by atoms with van der Waals surface area (Å²) >= 11 is 6.04. The third-order valence-electron chi connectivity index (χ3n) is 3.90. The highest BCUT2D eigenvalue weighted by molar-refractivity contribution is 6.30. The number of nitriles is 1. The molecule has 2 aromatic rings. The zero-order chi connectivity index (χ0) is 14.1. The lowest BCUT2D eigenvalue weighted by molar-refractivity contribution is 0.761. The minimum atomic E-state index is 0.260. The van der Waals surface area contributed by atoms with Crippen molar-refractivity contribution in [3.8, 4) is 6.07 Å². The van der Waals surface area contributed by atoms with Crippen molar-refractivity contribution in [2.45, 2.75) is 25.8 Å². The average molecular weight is 283 g/mol. The molecule has 0 amide bonds. The Morgan fingerprint density at radius 3 is 2.95 bits per heavy atom. The van der Waals surface area contributed by atoms with Gasteiger partial charge in [-0.2, -0.15) is 5.26 Å². The fourth-order valence-electron chi connectivity index (χ4n) is 2.86. The Morgan fingerprint density at radius 2 is 2.15 bits per heavy atom. The molecule has 0 saturated heterocycles. The van der Waals surface area contributed by atoms with E-state index in [0.29, 0.717) is 0 Å². The minimum Gasteiger partial charge on any atom is -0.377 e. The van der Waals surface area contributed by atoms with Gasteiger partial charge >= 0.3 is 0 Å². The van der Waals surface area contributed by atoms with Gasteiger partial charge in [0.05, 0.1) is 17.3 Å². The predicted molar refractivity (Wildman–Crippen MR) is 82.0 cm³/mol. The van der Waals surface area contributed by atoms with Gasteiger partial charge in [-0.3, -0.25) is 0 Å². The molecule has 1 aliphatic carbocycles. The van der Waals surface area contributed by atoms with Crippen molar-refractivity contribution < 1.29 is 0 Å². The number of anilines is 1. The number of rotatable bonds is 2. The third kappa shape index (κ3) is 2.26. The van der Waals surface area contributed by atoms with Gasteiger partial charge in [-0.25, -0.2) is 0 Å². The normalized spacial score (nSPS) is 16.6. The number of halogens is 1. The quantitative estimate of drug-likeness (QED) is 0.872. The molecule has 1 atom stereocenters. The van der Waals surface area contributed by atoms with Crippen LogP contribution in [0.1, 0.15) is 34.7 Å². The fraction of sp³-hybridized carbons (Fsp3) is 0.235. The molecule has 3 heteroatoms. The van der Waals surface area contributed by atoms with Gasteiger partial charge in [-0.15, -0.1) is 0 Å². The molecular formula is C17H15ClN2. The van der Waals surface area contributed by atoms with Crippen LogP contribution in [0.25, 0.3) is 0 Å². The summed E-state index contributed by atoms with van der Waals surface area (Å²) in [6.45, 7) is 1.96. The van der Waals surface area contributed by atoms with E-state index in [2.05, 4.69) is 17.5 Å². The lowest BCUT2D eigenvalue weighted by Crippen LogP contribution is -2.08. The zero-order valence-electron chi connectivity index (χ0n) is 11.3. The van der Waals surface area contributed by atoms with Gasteiger partial charge in [-0.05, 0) is 54.7 Å². The zero-order valence-corrected chi connectivity index (χ0v) is 12.0. The second-order valence-corrected chi connectivity index (χ2v) is 5.62. The summed E-state index contributed by atoms with van der Waals surface area (Å²) in [6.07, 6.45) is 2.07. The summed E-state index contributed by atoms with van der Waals surface area (Å²) in [5.41, 5.74) is 5.25. The molecule has 0 heterocycles. The van der Waals surface area contributed by atoms with Crippen LogP contribution in [0.15, 0.2) is 36.4 Å². The van der Waals surface area contributed by atoms with Crippen molar-refractivity contribution in [1.29, 1.82) is 5.26 Å². The first kappa shape index (κ1) is 13.0. The first-order chi connectivity index (χ1) is 9.69. The van der Waals surface area contributed by atoms with Crippen molar-refractivity contribution in [2.75, 3.05) is 5.32 Å². The number of nitrogens with zero attached hydrogens (tertiary/aromatic N) is 1. The second-order valence-electron chi connectivity index (χ2n) is 5.19. The largest absolute Gasteiger partial charge is 0.377 e. The van der Waals surface area contributed by atoms with Crippen molar-refractivity contribution in [2.24, 2.45) is 0 Å². The molecule has 0 radical (unpaired) electrons. The van der Waals surface area contributed by atoms with Crippen molar-refractivity contribution in [1.82, 2.24) is 0 Å². The Balaban J connectivity index is 1.92. The first-order valence-corrected chi connectivity index (χ1v) is 7.11. The summed E-state index contributed by atoms with van der Waals surface area (Å²) < 4.78 is 0. The molecule has 0 fully saturated rings. The Bertz CT molecular complexity index is 701. The van der Waals surface area contributed by atoms with Crippen LogP contribution in [0.3, 0.4) is 0 Å². The molecule has 1 N–H and O–H groups in total. The Hall–Kier alpha value is -1.98. The van der Waals surface area contributed by atoms with Gasteiger partial charge in [0.15, 0.2) is 0 Å². The smallest absolute Gasteiger partial charge is 0.102 e. The highest BCUT2D eigenvalue weighted by atomic mass is 35.5. The van der Waals surface area contributed by atoms with Crippen molar-refractivity contribution in [3.63, 3.8) is 0 Å². The van der Waals surface area contributed by atoms with Crippen LogP contribution < -0.4 is 5.32 Å². The number of nitrogens with one attached hydrogen (secondary N) is 1. The van der Waals surface area contributed by atoms with E-state index in [4.69, 9.17) is 11.6 Å². The Kier molecular flexibility index (Phi) is 3.38. The van der Waals surface area contributed by atoms with E-state index < -0.39 is 0 Å². The summed E-state index contributed by atoms with van der Waals surface area (Å²) in [7, 11) is 0. The Labute approximate surface area is 124 Å². The van der Waals surface area contributed by atoms with Crippen LogP contribution in [0, 0.1) is 18.3 Å². The summed E-state index contributed by atoms with van der Waals surface area (Å²) in [5, 5.41) is 13.6. The highest BCUT2D eigenvalue weighted by Gasteiger charge is 2.23. The van der Waals surface area contributed by atoms with Gasteiger partial charge in [0.1, 0.15) is 6.07 Å². The second kappa shape index (κ2) is 5.19. The molecule has 1 aliphatic rings. The lowest BCUT2D eigenvalue weighted by Gasteiger charge is -2.17. The maximum Gasteiger partial charge on any atom is 0.102 e. The molecular weight excluding hydrogens is 268 g/mol. The number of aryl methyl sites for hydroxylation is 2. The van der Waals surface area contributed by atoms with Gasteiger partial charge in [0, 0.05) is 5.02 Å². The molecule has 20 heavy (non-hydrogen) atoms. The third-order valence-corrected chi connectivity index (χ3v) is 4.13. The highest BCUT2D eigenvalue weighted by Crippen LogP contribution is 2.36. The fourth-order valence-corrected chi connectivity index (χ4v) is 3.05. The first-order valence-electron chi connectivity index (χ1n) is 6.73. The molecule has 2 nitrogen and oxygen atoms in total. The molecule has 0 bridgehead atoms. The van der Waals surface area contributed by atoms with E-state index in [1.165, 1.54) is 11.1 Å². The van der Waals surface area contributed by atoms with Gasteiger partial charge in [0.25, 0.3) is 0 Å². The van der Waals surface area contributed by atoms with Crippen LogP contribution in [0.2, 0.25) is 5.02 Å². The van der Waals surface area contributed by atoms with Crippen molar-refractivity contribution >= 4 is 17.3 Å². The van der Waals surface area contributed by atoms with Crippen LogP contribution in [0.5, 0.6) is 0 Å². The molecule has 1 unspecified atom stereocenters. The molecule has 100 valence electrons. The molecule has 0 aromatic heterocycles.